The van der Waals surface area contributed by atoms with Gasteiger partial charge in [-0.1, -0.05) is 293 Å². The lowest BCUT2D eigenvalue weighted by atomic mass is 10.0. The number of rotatable bonds is 59. The number of esters is 3. The van der Waals surface area contributed by atoms with E-state index in [1.807, 2.05) is 0 Å². The Bertz CT molecular complexity index is 1390. The third-order valence-electron chi connectivity index (χ3n) is 14.2. The van der Waals surface area contributed by atoms with E-state index in [9.17, 15) is 14.4 Å². The lowest BCUT2D eigenvalue weighted by Crippen LogP contribution is -2.30. The standard InChI is InChI=1S/C69H122O6/c1-4-7-10-13-16-19-22-25-27-29-31-33-34-36-37-39-41-44-47-50-53-56-59-62-68(71)74-65-66(64-73-67(70)61-58-55-52-49-46-43-24-21-18-15-12-9-6-3)75-69(72)63-60-57-54-51-48-45-42-40-38-35-32-30-28-26-23-20-17-14-11-8-5-2/h7,10,16,19,21,24-25,27,31,33,36-37,66H,4-6,8-9,11-15,17-18,20,22-23,26,28-30,32,34-35,38-65H2,1-3H3/b10-7-,19-16-,24-21-,27-25-,33-31-,37-36-. The molecule has 0 bridgehead atoms. The Morgan fingerprint density at radius 1 is 0.280 bits per heavy atom. The van der Waals surface area contributed by atoms with E-state index in [4.69, 9.17) is 14.2 Å². The summed E-state index contributed by atoms with van der Waals surface area (Å²) in [5.74, 6) is -0.882. The van der Waals surface area contributed by atoms with E-state index in [1.54, 1.807) is 0 Å². The van der Waals surface area contributed by atoms with E-state index in [2.05, 4.69) is 93.7 Å². The Hall–Kier alpha value is -3.15. The topological polar surface area (TPSA) is 78.9 Å². The van der Waals surface area contributed by atoms with Crippen molar-refractivity contribution in [2.45, 2.75) is 335 Å². The zero-order chi connectivity index (χ0) is 54.3. The summed E-state index contributed by atoms with van der Waals surface area (Å²) < 4.78 is 16.9. The van der Waals surface area contributed by atoms with Crippen LogP contribution in [0, 0.1) is 0 Å². The van der Waals surface area contributed by atoms with Crippen LogP contribution >= 0.6 is 0 Å². The average Bonchev–Trinajstić information content (AvgIpc) is 3.41. The molecule has 0 aromatic heterocycles. The van der Waals surface area contributed by atoms with Gasteiger partial charge in [0.1, 0.15) is 13.2 Å². The fourth-order valence-corrected chi connectivity index (χ4v) is 9.35. The predicted octanol–water partition coefficient (Wildman–Crippen LogP) is 22.1. The van der Waals surface area contributed by atoms with E-state index < -0.39 is 6.10 Å². The van der Waals surface area contributed by atoms with Crippen LogP contribution in [0.2, 0.25) is 0 Å². The number of hydrogen-bond donors (Lipinski definition) is 0. The number of allylic oxidation sites excluding steroid dienone is 12. The first-order valence-electron chi connectivity index (χ1n) is 32.4. The van der Waals surface area contributed by atoms with Crippen LogP contribution in [-0.4, -0.2) is 37.2 Å². The highest BCUT2D eigenvalue weighted by atomic mass is 16.6. The van der Waals surface area contributed by atoms with Gasteiger partial charge in [-0.05, 0) is 89.9 Å². The highest BCUT2D eigenvalue weighted by molar-refractivity contribution is 5.71. The van der Waals surface area contributed by atoms with Gasteiger partial charge in [0.25, 0.3) is 0 Å². The van der Waals surface area contributed by atoms with Gasteiger partial charge in [0.05, 0.1) is 0 Å². The summed E-state index contributed by atoms with van der Waals surface area (Å²) in [7, 11) is 0. The highest BCUT2D eigenvalue weighted by Crippen LogP contribution is 2.17. The summed E-state index contributed by atoms with van der Waals surface area (Å²) in [5, 5.41) is 0. The van der Waals surface area contributed by atoms with Crippen LogP contribution in [0.15, 0.2) is 72.9 Å². The summed E-state index contributed by atoms with van der Waals surface area (Å²) in [6.45, 7) is 6.54. The maximum Gasteiger partial charge on any atom is 0.306 e. The molecule has 0 N–H and O–H groups in total. The molecule has 0 aromatic carbocycles. The van der Waals surface area contributed by atoms with Gasteiger partial charge in [-0.3, -0.25) is 14.4 Å². The van der Waals surface area contributed by atoms with Crippen molar-refractivity contribution < 1.29 is 28.6 Å². The zero-order valence-electron chi connectivity index (χ0n) is 49.8. The maximum atomic E-state index is 12.9. The lowest BCUT2D eigenvalue weighted by Gasteiger charge is -2.18. The molecule has 0 fully saturated rings. The molecule has 6 nitrogen and oxygen atoms in total. The molecule has 0 saturated carbocycles. The monoisotopic (exact) mass is 1050 g/mol. The van der Waals surface area contributed by atoms with Crippen LogP contribution in [0.5, 0.6) is 0 Å². The maximum absolute atomic E-state index is 12.9. The van der Waals surface area contributed by atoms with Crippen LogP contribution in [-0.2, 0) is 28.6 Å². The lowest BCUT2D eigenvalue weighted by molar-refractivity contribution is -0.167. The molecule has 0 spiro atoms. The number of carbonyl (C=O) groups is 3. The molecule has 75 heavy (non-hydrogen) atoms. The number of hydrogen-bond acceptors (Lipinski definition) is 6. The SMILES string of the molecule is CC/C=C\C/C=C\C/C=C\C/C=C\C/C=C\CCCCCCCCCC(=O)OCC(COC(=O)CCCCCCC/C=C\CCCCCC)OC(=O)CCCCCCCCCCCCCCCCCCCCCCC. The highest BCUT2D eigenvalue weighted by Gasteiger charge is 2.19. The molecular weight excluding hydrogens is 925 g/mol. The molecule has 0 aromatic rings. The van der Waals surface area contributed by atoms with E-state index >= 15 is 0 Å². The third kappa shape index (κ3) is 61.6. The molecule has 0 aliphatic carbocycles. The Morgan fingerprint density at radius 2 is 0.520 bits per heavy atom. The van der Waals surface area contributed by atoms with Crippen molar-refractivity contribution >= 4 is 17.9 Å². The minimum Gasteiger partial charge on any atom is -0.462 e. The van der Waals surface area contributed by atoms with Crippen molar-refractivity contribution in [1.29, 1.82) is 0 Å². The molecule has 1 atom stereocenters. The molecule has 6 heteroatoms. The van der Waals surface area contributed by atoms with E-state index in [0.29, 0.717) is 19.3 Å². The van der Waals surface area contributed by atoms with Gasteiger partial charge in [0.15, 0.2) is 6.10 Å². The molecule has 1 unspecified atom stereocenters. The summed E-state index contributed by atoms with van der Waals surface area (Å²) in [6.07, 6.45) is 81.9. The number of ether oxygens (including phenoxy) is 3. The smallest absolute Gasteiger partial charge is 0.306 e. The predicted molar refractivity (Wildman–Crippen MR) is 325 cm³/mol. The molecular formula is C69H122O6. The van der Waals surface area contributed by atoms with Gasteiger partial charge >= 0.3 is 17.9 Å². The van der Waals surface area contributed by atoms with Crippen molar-refractivity contribution in [1.82, 2.24) is 0 Å². The summed E-state index contributed by atoms with van der Waals surface area (Å²) in [4.78, 5) is 38.3. The first-order valence-corrected chi connectivity index (χ1v) is 32.4. The minimum absolute atomic E-state index is 0.0803. The third-order valence-corrected chi connectivity index (χ3v) is 14.2. The summed E-state index contributed by atoms with van der Waals surface area (Å²) >= 11 is 0. The molecule has 0 heterocycles. The first-order chi connectivity index (χ1) is 37.0. The molecule has 0 aliphatic rings. The minimum atomic E-state index is -0.783. The van der Waals surface area contributed by atoms with Gasteiger partial charge in [0, 0.05) is 19.3 Å². The normalized spacial score (nSPS) is 12.5. The van der Waals surface area contributed by atoms with Crippen LogP contribution in [0.3, 0.4) is 0 Å². The second kappa shape index (κ2) is 63.4. The Balaban J connectivity index is 4.33. The molecule has 0 aliphatic heterocycles. The van der Waals surface area contributed by atoms with Crippen molar-refractivity contribution in [3.63, 3.8) is 0 Å². The number of carbonyl (C=O) groups excluding carboxylic acids is 3. The summed E-state index contributed by atoms with van der Waals surface area (Å²) in [6, 6.07) is 0. The fraction of sp³-hybridized carbons (Fsp3) is 0.783. The number of unbranched alkanes of at least 4 members (excludes halogenated alkanes) is 36. The molecule has 0 amide bonds. The van der Waals surface area contributed by atoms with Gasteiger partial charge in [-0.2, -0.15) is 0 Å². The van der Waals surface area contributed by atoms with Gasteiger partial charge in [-0.15, -0.1) is 0 Å². The van der Waals surface area contributed by atoms with E-state index in [1.165, 1.54) is 186 Å². The van der Waals surface area contributed by atoms with Crippen LogP contribution in [0.25, 0.3) is 0 Å². The van der Waals surface area contributed by atoms with E-state index in [-0.39, 0.29) is 31.1 Å². The molecule has 434 valence electrons. The van der Waals surface area contributed by atoms with Gasteiger partial charge < -0.3 is 14.2 Å². The van der Waals surface area contributed by atoms with Crippen LogP contribution in [0.4, 0.5) is 0 Å². The molecule has 0 rings (SSSR count). The molecule has 0 saturated heterocycles. The quantitative estimate of drug-likeness (QED) is 0.0261. The zero-order valence-corrected chi connectivity index (χ0v) is 49.8. The first kappa shape index (κ1) is 71.8. The average molecular weight is 1050 g/mol. The van der Waals surface area contributed by atoms with Crippen molar-refractivity contribution in [3.05, 3.63) is 72.9 Å². The van der Waals surface area contributed by atoms with Gasteiger partial charge in [-0.25, -0.2) is 0 Å². The summed E-state index contributed by atoms with van der Waals surface area (Å²) in [5.41, 5.74) is 0. The molecule has 0 radical (unpaired) electrons. The second-order valence-corrected chi connectivity index (χ2v) is 21.6. The van der Waals surface area contributed by atoms with Crippen molar-refractivity contribution in [3.8, 4) is 0 Å². The van der Waals surface area contributed by atoms with Crippen molar-refractivity contribution in [2.75, 3.05) is 13.2 Å². The largest absolute Gasteiger partial charge is 0.462 e. The van der Waals surface area contributed by atoms with E-state index in [0.717, 1.165) is 103 Å². The fourth-order valence-electron chi connectivity index (χ4n) is 9.35. The Morgan fingerprint density at radius 3 is 0.840 bits per heavy atom. The second-order valence-electron chi connectivity index (χ2n) is 21.6. The Labute approximate surface area is 465 Å². The van der Waals surface area contributed by atoms with Crippen LogP contribution in [0.1, 0.15) is 329 Å². The van der Waals surface area contributed by atoms with Crippen molar-refractivity contribution in [2.24, 2.45) is 0 Å². The van der Waals surface area contributed by atoms with Gasteiger partial charge in [0.2, 0.25) is 0 Å². The Kier molecular flexibility index (Phi) is 60.7. The van der Waals surface area contributed by atoms with Crippen LogP contribution < -0.4 is 0 Å².